The molecule has 0 saturated carbocycles. The predicted octanol–water partition coefficient (Wildman–Crippen LogP) is 1.76. The first kappa shape index (κ1) is 9.75. The SMILES string of the molecule is C=CC(O)N1CCCC1(C)CC. The molecule has 1 saturated heterocycles. The second-order valence-electron chi connectivity index (χ2n) is 3.80. The van der Waals surface area contributed by atoms with Crippen LogP contribution in [0.5, 0.6) is 0 Å². The topological polar surface area (TPSA) is 23.5 Å². The zero-order chi connectivity index (χ0) is 9.19. The summed E-state index contributed by atoms with van der Waals surface area (Å²) in [5.41, 5.74) is 0.188. The first-order valence-corrected chi connectivity index (χ1v) is 4.71. The van der Waals surface area contributed by atoms with Crippen molar-refractivity contribution in [1.29, 1.82) is 0 Å². The summed E-state index contributed by atoms with van der Waals surface area (Å²) in [5.74, 6) is 0. The second-order valence-corrected chi connectivity index (χ2v) is 3.80. The highest BCUT2D eigenvalue weighted by Crippen LogP contribution is 2.32. The Labute approximate surface area is 74.9 Å². The average Bonchev–Trinajstić information content (AvgIpc) is 2.47. The highest BCUT2D eigenvalue weighted by molar-refractivity contribution is 4.95. The van der Waals surface area contributed by atoms with Crippen molar-refractivity contribution in [1.82, 2.24) is 4.90 Å². The van der Waals surface area contributed by atoms with Crippen molar-refractivity contribution in [2.45, 2.75) is 44.9 Å². The van der Waals surface area contributed by atoms with Gasteiger partial charge in [0, 0.05) is 12.1 Å². The molecule has 1 aliphatic heterocycles. The normalized spacial score (nSPS) is 33.6. The smallest absolute Gasteiger partial charge is 0.126 e. The highest BCUT2D eigenvalue weighted by Gasteiger charge is 2.37. The lowest BCUT2D eigenvalue weighted by atomic mass is 9.95. The van der Waals surface area contributed by atoms with Crippen molar-refractivity contribution in [2.75, 3.05) is 6.54 Å². The van der Waals surface area contributed by atoms with Gasteiger partial charge in [-0.1, -0.05) is 13.5 Å². The molecule has 0 bridgehead atoms. The number of nitrogens with zero attached hydrogens (tertiary/aromatic N) is 1. The zero-order valence-electron chi connectivity index (χ0n) is 8.08. The van der Waals surface area contributed by atoms with Crippen LogP contribution in [0.15, 0.2) is 12.7 Å². The minimum absolute atomic E-state index is 0.188. The van der Waals surface area contributed by atoms with Gasteiger partial charge in [0.05, 0.1) is 0 Å². The predicted molar refractivity (Wildman–Crippen MR) is 50.8 cm³/mol. The van der Waals surface area contributed by atoms with Gasteiger partial charge in [0.25, 0.3) is 0 Å². The molecule has 0 spiro atoms. The molecule has 2 unspecified atom stereocenters. The van der Waals surface area contributed by atoms with E-state index in [4.69, 9.17) is 0 Å². The Morgan fingerprint density at radius 2 is 2.42 bits per heavy atom. The molecule has 1 rings (SSSR count). The van der Waals surface area contributed by atoms with Gasteiger partial charge in [-0.05, 0) is 32.3 Å². The zero-order valence-corrected chi connectivity index (χ0v) is 8.08. The Balaban J connectivity index is 2.69. The van der Waals surface area contributed by atoms with Gasteiger partial charge in [-0.2, -0.15) is 0 Å². The van der Waals surface area contributed by atoms with E-state index in [1.165, 1.54) is 12.8 Å². The van der Waals surface area contributed by atoms with Crippen LogP contribution >= 0.6 is 0 Å². The van der Waals surface area contributed by atoms with Crippen molar-refractivity contribution >= 4 is 0 Å². The van der Waals surface area contributed by atoms with Crippen molar-refractivity contribution in [3.63, 3.8) is 0 Å². The third-order valence-electron chi connectivity index (χ3n) is 3.10. The van der Waals surface area contributed by atoms with Gasteiger partial charge in [0.2, 0.25) is 0 Å². The van der Waals surface area contributed by atoms with E-state index < -0.39 is 6.23 Å². The monoisotopic (exact) mass is 169 g/mol. The molecule has 0 amide bonds. The fraction of sp³-hybridized carbons (Fsp3) is 0.800. The van der Waals surface area contributed by atoms with Crippen LogP contribution in [0.4, 0.5) is 0 Å². The third kappa shape index (κ3) is 1.54. The summed E-state index contributed by atoms with van der Waals surface area (Å²) in [5, 5.41) is 9.63. The van der Waals surface area contributed by atoms with Crippen molar-refractivity contribution in [2.24, 2.45) is 0 Å². The van der Waals surface area contributed by atoms with Gasteiger partial charge in [-0.15, -0.1) is 0 Å². The van der Waals surface area contributed by atoms with E-state index in [9.17, 15) is 5.11 Å². The van der Waals surface area contributed by atoms with Gasteiger partial charge >= 0.3 is 0 Å². The number of likely N-dealkylation sites (tertiary alicyclic amines) is 1. The fourth-order valence-corrected chi connectivity index (χ4v) is 2.00. The molecular weight excluding hydrogens is 150 g/mol. The van der Waals surface area contributed by atoms with Crippen LogP contribution in [0.1, 0.15) is 33.1 Å². The van der Waals surface area contributed by atoms with Crippen LogP contribution in [0.3, 0.4) is 0 Å². The molecule has 2 atom stereocenters. The maximum Gasteiger partial charge on any atom is 0.126 e. The molecular formula is C10H19NO. The standard InChI is InChI=1S/C10H19NO/c1-4-9(12)11-8-6-7-10(11,3)5-2/h4,9,12H,1,5-8H2,2-3H3. The lowest BCUT2D eigenvalue weighted by Gasteiger charge is -2.36. The number of aliphatic hydroxyl groups excluding tert-OH is 1. The molecule has 0 aromatic heterocycles. The number of hydrogen-bond acceptors (Lipinski definition) is 2. The van der Waals surface area contributed by atoms with E-state index in [2.05, 4.69) is 25.3 Å². The Hall–Kier alpha value is -0.340. The summed E-state index contributed by atoms with van der Waals surface area (Å²) < 4.78 is 0. The molecule has 1 fully saturated rings. The summed E-state index contributed by atoms with van der Waals surface area (Å²) in [4.78, 5) is 2.14. The molecule has 1 heterocycles. The number of hydrogen-bond donors (Lipinski definition) is 1. The van der Waals surface area contributed by atoms with Crippen LogP contribution in [-0.2, 0) is 0 Å². The Morgan fingerprint density at radius 3 is 2.92 bits per heavy atom. The molecule has 0 aromatic carbocycles. The molecule has 0 radical (unpaired) electrons. The van der Waals surface area contributed by atoms with Crippen LogP contribution < -0.4 is 0 Å². The van der Waals surface area contributed by atoms with E-state index in [0.717, 1.165) is 13.0 Å². The summed E-state index contributed by atoms with van der Waals surface area (Å²) in [6.07, 6.45) is 4.62. The molecule has 1 aliphatic rings. The number of aliphatic hydroxyl groups is 1. The van der Waals surface area contributed by atoms with Gasteiger partial charge in [0.1, 0.15) is 6.23 Å². The van der Waals surface area contributed by atoms with E-state index in [1.807, 2.05) is 0 Å². The summed E-state index contributed by atoms with van der Waals surface area (Å²) in [6, 6.07) is 0. The van der Waals surface area contributed by atoms with Gasteiger partial charge in [-0.25, -0.2) is 0 Å². The van der Waals surface area contributed by atoms with E-state index in [0.29, 0.717) is 0 Å². The number of rotatable bonds is 3. The molecule has 2 nitrogen and oxygen atoms in total. The van der Waals surface area contributed by atoms with Crippen molar-refractivity contribution < 1.29 is 5.11 Å². The van der Waals surface area contributed by atoms with E-state index >= 15 is 0 Å². The van der Waals surface area contributed by atoms with Gasteiger partial charge in [-0.3, -0.25) is 4.90 Å². The summed E-state index contributed by atoms with van der Waals surface area (Å²) >= 11 is 0. The summed E-state index contributed by atoms with van der Waals surface area (Å²) in [7, 11) is 0. The molecule has 1 N–H and O–H groups in total. The maximum atomic E-state index is 9.63. The van der Waals surface area contributed by atoms with E-state index in [1.54, 1.807) is 6.08 Å². The van der Waals surface area contributed by atoms with Gasteiger partial charge in [0.15, 0.2) is 0 Å². The minimum atomic E-state index is -0.461. The van der Waals surface area contributed by atoms with Crippen LogP contribution in [0.25, 0.3) is 0 Å². The molecule has 70 valence electrons. The fourth-order valence-electron chi connectivity index (χ4n) is 2.00. The van der Waals surface area contributed by atoms with Crippen LogP contribution in [0, 0.1) is 0 Å². The average molecular weight is 169 g/mol. The van der Waals surface area contributed by atoms with E-state index in [-0.39, 0.29) is 5.54 Å². The first-order valence-electron chi connectivity index (χ1n) is 4.71. The van der Waals surface area contributed by atoms with Gasteiger partial charge < -0.3 is 5.11 Å². The largest absolute Gasteiger partial charge is 0.375 e. The lowest BCUT2D eigenvalue weighted by molar-refractivity contribution is -0.00866. The third-order valence-corrected chi connectivity index (χ3v) is 3.10. The molecule has 12 heavy (non-hydrogen) atoms. The minimum Gasteiger partial charge on any atom is -0.375 e. The second kappa shape index (κ2) is 3.58. The highest BCUT2D eigenvalue weighted by atomic mass is 16.3. The molecule has 0 aromatic rings. The summed E-state index contributed by atoms with van der Waals surface area (Å²) in [6.45, 7) is 9.00. The van der Waals surface area contributed by atoms with Crippen LogP contribution in [0.2, 0.25) is 0 Å². The van der Waals surface area contributed by atoms with Crippen molar-refractivity contribution in [3.8, 4) is 0 Å². The Morgan fingerprint density at radius 1 is 1.75 bits per heavy atom. The molecule has 2 heteroatoms. The lowest BCUT2D eigenvalue weighted by Crippen LogP contribution is -2.46. The first-order chi connectivity index (χ1) is 5.64. The van der Waals surface area contributed by atoms with Crippen molar-refractivity contribution in [3.05, 3.63) is 12.7 Å². The van der Waals surface area contributed by atoms with Crippen LogP contribution in [-0.4, -0.2) is 28.3 Å². The Kier molecular flexibility index (Phi) is 2.91. The molecule has 0 aliphatic carbocycles. The maximum absolute atomic E-state index is 9.63. The quantitative estimate of drug-likeness (QED) is 0.651. The Bertz CT molecular complexity index is 169.